The van der Waals surface area contributed by atoms with Gasteiger partial charge in [0.1, 0.15) is 0 Å². The zero-order chi connectivity index (χ0) is 10.8. The average Bonchev–Trinajstić information content (AvgIpc) is 2.50. The first-order valence-electron chi connectivity index (χ1n) is 5.17. The summed E-state index contributed by atoms with van der Waals surface area (Å²) in [6, 6.07) is 0. The van der Waals surface area contributed by atoms with Crippen molar-refractivity contribution in [2.45, 2.75) is 38.9 Å². The van der Waals surface area contributed by atoms with Crippen LogP contribution in [0.15, 0.2) is 0 Å². The molecule has 5 radical (unpaired) electrons. The van der Waals surface area contributed by atoms with Crippen LogP contribution in [-0.4, -0.2) is 14.9 Å². The third kappa shape index (κ3) is 3.09. The zero-order valence-corrected chi connectivity index (χ0v) is 10.9. The summed E-state index contributed by atoms with van der Waals surface area (Å²) in [5, 5.41) is 0.305. The molecule has 2 heteroatoms. The van der Waals surface area contributed by atoms with Gasteiger partial charge in [0.2, 0.25) is 0 Å². The quantitative estimate of drug-likeness (QED) is 0.647. The van der Waals surface area contributed by atoms with Crippen molar-refractivity contribution in [2.75, 3.05) is 6.61 Å². The highest BCUT2D eigenvalue weighted by molar-refractivity contribution is 6.74. The fourth-order valence-corrected chi connectivity index (χ4v) is 1.95. The third-order valence-electron chi connectivity index (χ3n) is 3.14. The summed E-state index contributed by atoms with van der Waals surface area (Å²) in [4.78, 5) is 0. The van der Waals surface area contributed by atoms with Crippen molar-refractivity contribution in [2.24, 2.45) is 0 Å². The van der Waals surface area contributed by atoms with E-state index in [1.54, 1.807) is 0 Å². The molecule has 0 N–H and O–H groups in total. The van der Waals surface area contributed by atoms with E-state index >= 15 is 0 Å². The SMILES string of the molecule is CC(C)(C)[Si](C)(C)OC[C]1[CH][CH][CH][CH]1. The summed E-state index contributed by atoms with van der Waals surface area (Å²) in [7, 11) is -1.56. The topological polar surface area (TPSA) is 9.23 Å². The molecule has 0 saturated heterocycles. The van der Waals surface area contributed by atoms with Gasteiger partial charge in [-0.05, 0) is 43.8 Å². The van der Waals surface area contributed by atoms with E-state index in [-0.39, 0.29) is 0 Å². The van der Waals surface area contributed by atoms with E-state index in [9.17, 15) is 0 Å². The first kappa shape index (κ1) is 12.2. The van der Waals surface area contributed by atoms with Crippen LogP contribution in [0.1, 0.15) is 20.8 Å². The molecule has 1 aliphatic carbocycles. The van der Waals surface area contributed by atoms with E-state index in [2.05, 4.69) is 59.5 Å². The van der Waals surface area contributed by atoms with Crippen molar-refractivity contribution in [3.63, 3.8) is 0 Å². The highest BCUT2D eigenvalue weighted by Gasteiger charge is 2.37. The Morgan fingerprint density at radius 2 is 1.64 bits per heavy atom. The summed E-state index contributed by atoms with van der Waals surface area (Å²) in [6.45, 7) is 12.1. The molecule has 0 unspecified atom stereocenters. The Hall–Kier alpha value is 0.177. The van der Waals surface area contributed by atoms with E-state index in [0.717, 1.165) is 6.61 Å². The fourth-order valence-electron chi connectivity index (χ4n) is 0.990. The van der Waals surface area contributed by atoms with Crippen LogP contribution in [0.25, 0.3) is 0 Å². The third-order valence-corrected chi connectivity index (χ3v) is 7.62. The molecule has 0 aromatic rings. The summed E-state index contributed by atoms with van der Waals surface area (Å²) in [5.74, 6) is 1.29. The Kier molecular flexibility index (Phi) is 3.81. The predicted molar refractivity (Wildman–Crippen MR) is 63.6 cm³/mol. The van der Waals surface area contributed by atoms with Crippen LogP contribution in [-0.2, 0) is 4.43 Å². The molecule has 1 rings (SSSR count). The van der Waals surface area contributed by atoms with Crippen molar-refractivity contribution in [3.05, 3.63) is 31.6 Å². The molecule has 0 heterocycles. The summed E-state index contributed by atoms with van der Waals surface area (Å²) >= 11 is 0. The lowest BCUT2D eigenvalue weighted by Crippen LogP contribution is -2.41. The first-order chi connectivity index (χ1) is 6.33. The number of rotatable bonds is 3. The lowest BCUT2D eigenvalue weighted by Gasteiger charge is -2.36. The molecule has 0 atom stereocenters. The Labute approximate surface area is 90.4 Å². The van der Waals surface area contributed by atoms with E-state index in [4.69, 9.17) is 4.43 Å². The van der Waals surface area contributed by atoms with Crippen molar-refractivity contribution in [1.29, 1.82) is 0 Å². The molecule has 0 aromatic carbocycles. The Bertz CT molecular complexity index is 175. The molecule has 14 heavy (non-hydrogen) atoms. The van der Waals surface area contributed by atoms with Crippen LogP contribution >= 0.6 is 0 Å². The molecule has 0 aliphatic heterocycles. The van der Waals surface area contributed by atoms with Gasteiger partial charge in [0, 0.05) is 12.5 Å². The van der Waals surface area contributed by atoms with Crippen molar-refractivity contribution in [3.8, 4) is 0 Å². The molecule has 0 spiro atoms. The number of hydrogen-bond donors (Lipinski definition) is 0. The minimum atomic E-state index is -1.56. The van der Waals surface area contributed by atoms with Gasteiger partial charge in [-0.1, -0.05) is 20.8 Å². The predicted octanol–water partition coefficient (Wildman–Crippen LogP) is 3.41. The normalized spacial score (nSPS) is 20.4. The molecule has 79 valence electrons. The van der Waals surface area contributed by atoms with Crippen LogP contribution < -0.4 is 0 Å². The second kappa shape index (κ2) is 4.36. The van der Waals surface area contributed by atoms with Crippen LogP contribution in [0.2, 0.25) is 18.1 Å². The zero-order valence-electron chi connectivity index (χ0n) is 9.92. The van der Waals surface area contributed by atoms with Gasteiger partial charge >= 0.3 is 0 Å². The standard InChI is InChI=1S/C12H21OSi/c1-12(2,3)14(4,5)13-10-11-8-6-7-9-11/h6-9H,10H2,1-5H3. The van der Waals surface area contributed by atoms with Gasteiger partial charge in [0.25, 0.3) is 0 Å². The fraction of sp³-hybridized carbons (Fsp3) is 0.583. The Morgan fingerprint density at radius 3 is 2.07 bits per heavy atom. The monoisotopic (exact) mass is 209 g/mol. The maximum Gasteiger partial charge on any atom is 0.192 e. The van der Waals surface area contributed by atoms with E-state index in [1.807, 2.05) is 0 Å². The summed E-state index contributed by atoms with van der Waals surface area (Å²) < 4.78 is 6.08. The molecule has 0 bridgehead atoms. The van der Waals surface area contributed by atoms with Gasteiger partial charge in [0.15, 0.2) is 8.32 Å². The molecular formula is C12H21OSi. The maximum absolute atomic E-state index is 6.08. The van der Waals surface area contributed by atoms with Gasteiger partial charge in [0.05, 0.1) is 0 Å². The van der Waals surface area contributed by atoms with Gasteiger partial charge in [-0.25, -0.2) is 0 Å². The van der Waals surface area contributed by atoms with E-state index in [0.29, 0.717) is 5.04 Å². The Balaban J connectivity index is 2.35. The molecule has 0 aromatic heterocycles. The van der Waals surface area contributed by atoms with Crippen LogP contribution in [0.5, 0.6) is 0 Å². The van der Waals surface area contributed by atoms with Gasteiger partial charge in [-0.2, -0.15) is 0 Å². The second-order valence-corrected chi connectivity index (χ2v) is 10.2. The van der Waals surface area contributed by atoms with Crippen LogP contribution in [0, 0.1) is 31.6 Å². The highest BCUT2D eigenvalue weighted by atomic mass is 28.4. The van der Waals surface area contributed by atoms with Crippen LogP contribution in [0.4, 0.5) is 0 Å². The van der Waals surface area contributed by atoms with E-state index in [1.165, 1.54) is 5.92 Å². The van der Waals surface area contributed by atoms with Gasteiger partial charge in [-0.15, -0.1) is 0 Å². The second-order valence-electron chi connectivity index (χ2n) is 5.34. The van der Waals surface area contributed by atoms with Gasteiger partial charge in [-0.3, -0.25) is 0 Å². The highest BCUT2D eigenvalue weighted by Crippen LogP contribution is 2.37. The smallest absolute Gasteiger partial charge is 0.192 e. The number of hydrogen-bond acceptors (Lipinski definition) is 1. The minimum absolute atomic E-state index is 0.305. The molecule has 1 fully saturated rings. The average molecular weight is 209 g/mol. The van der Waals surface area contributed by atoms with E-state index < -0.39 is 8.32 Å². The Morgan fingerprint density at radius 1 is 1.14 bits per heavy atom. The summed E-state index contributed by atoms with van der Waals surface area (Å²) in [6.07, 6.45) is 8.36. The minimum Gasteiger partial charge on any atom is -0.416 e. The molecule has 1 nitrogen and oxygen atoms in total. The lowest BCUT2D eigenvalue weighted by atomic mass is 10.1. The van der Waals surface area contributed by atoms with Crippen molar-refractivity contribution < 1.29 is 4.43 Å². The first-order valence-corrected chi connectivity index (χ1v) is 8.08. The lowest BCUT2D eigenvalue weighted by molar-refractivity contribution is 0.307. The summed E-state index contributed by atoms with van der Waals surface area (Å²) in [5.41, 5.74) is 0. The molecule has 0 amide bonds. The van der Waals surface area contributed by atoms with Crippen molar-refractivity contribution >= 4 is 8.32 Å². The van der Waals surface area contributed by atoms with Crippen LogP contribution in [0.3, 0.4) is 0 Å². The van der Waals surface area contributed by atoms with Gasteiger partial charge < -0.3 is 4.43 Å². The molecule has 1 saturated carbocycles. The molecular weight excluding hydrogens is 188 g/mol. The maximum atomic E-state index is 6.08. The van der Waals surface area contributed by atoms with Crippen molar-refractivity contribution in [1.82, 2.24) is 0 Å². The largest absolute Gasteiger partial charge is 0.416 e. The molecule has 1 aliphatic rings.